The van der Waals surface area contributed by atoms with Gasteiger partial charge in [0, 0.05) is 5.69 Å². The van der Waals surface area contributed by atoms with Crippen LogP contribution in [0.15, 0.2) is 18.2 Å². The van der Waals surface area contributed by atoms with Gasteiger partial charge in [0.1, 0.15) is 6.07 Å². The molecule has 2 N–H and O–H groups in total. The van der Waals surface area contributed by atoms with E-state index in [9.17, 15) is 4.79 Å². The summed E-state index contributed by atoms with van der Waals surface area (Å²) in [4.78, 5) is 12.1. The van der Waals surface area contributed by atoms with Crippen LogP contribution in [-0.4, -0.2) is 18.5 Å². The molecule has 1 heterocycles. The molecule has 19 heavy (non-hydrogen) atoms. The molecule has 4 nitrogen and oxygen atoms in total. The van der Waals surface area contributed by atoms with Crippen LogP contribution in [0.4, 0.5) is 5.69 Å². The summed E-state index contributed by atoms with van der Waals surface area (Å²) in [6, 6.07) is 6.77. The predicted octanol–water partition coefficient (Wildman–Crippen LogP) is 2.68. The summed E-state index contributed by atoms with van der Waals surface area (Å²) < 4.78 is 0. The Morgan fingerprint density at radius 1 is 1.42 bits per heavy atom. The Labute approximate surface area is 117 Å². The molecule has 0 radical (unpaired) electrons. The van der Waals surface area contributed by atoms with Crippen LogP contribution in [0.25, 0.3) is 0 Å². The molecule has 1 aliphatic rings. The van der Waals surface area contributed by atoms with Crippen LogP contribution in [0.3, 0.4) is 0 Å². The van der Waals surface area contributed by atoms with Gasteiger partial charge >= 0.3 is 0 Å². The smallest absolute Gasteiger partial charge is 0.241 e. The maximum absolute atomic E-state index is 12.1. The lowest BCUT2D eigenvalue weighted by Gasteiger charge is -2.15. The lowest BCUT2D eigenvalue weighted by molar-refractivity contribution is -0.118. The average molecular weight is 278 g/mol. The van der Waals surface area contributed by atoms with Crippen molar-refractivity contribution in [3.05, 3.63) is 28.8 Å². The van der Waals surface area contributed by atoms with Crippen LogP contribution in [-0.2, 0) is 4.79 Å². The summed E-state index contributed by atoms with van der Waals surface area (Å²) in [7, 11) is 0. The lowest BCUT2D eigenvalue weighted by Crippen LogP contribution is -2.39. The molecular formula is C14H16ClN3O. The Balaban J connectivity index is 2.04. The Morgan fingerprint density at radius 3 is 3.05 bits per heavy atom. The van der Waals surface area contributed by atoms with Crippen LogP contribution < -0.4 is 10.6 Å². The molecule has 5 heteroatoms. The molecule has 100 valence electrons. The molecule has 1 aromatic carbocycles. The topological polar surface area (TPSA) is 64.9 Å². The first-order valence-corrected chi connectivity index (χ1v) is 6.82. The third kappa shape index (κ3) is 3.69. The average Bonchev–Trinajstić information content (AvgIpc) is 2.70. The first-order valence-electron chi connectivity index (χ1n) is 6.44. The van der Waals surface area contributed by atoms with Gasteiger partial charge in [-0.1, -0.05) is 24.4 Å². The fraction of sp³-hybridized carbons (Fsp3) is 0.429. The number of carbonyl (C=O) groups excluding carboxylic acids is 1. The molecule has 1 aliphatic heterocycles. The fourth-order valence-electron chi connectivity index (χ4n) is 2.17. The second-order valence-corrected chi connectivity index (χ2v) is 5.06. The van der Waals surface area contributed by atoms with Crippen molar-refractivity contribution < 1.29 is 4.79 Å². The number of nitrogens with zero attached hydrogens (tertiary/aromatic N) is 1. The third-order valence-electron chi connectivity index (χ3n) is 3.23. The Bertz CT molecular complexity index is 502. The molecule has 0 spiro atoms. The van der Waals surface area contributed by atoms with E-state index in [1.165, 1.54) is 0 Å². The maximum Gasteiger partial charge on any atom is 0.241 e. The predicted molar refractivity (Wildman–Crippen MR) is 75.1 cm³/mol. The van der Waals surface area contributed by atoms with E-state index in [1.54, 1.807) is 18.2 Å². The van der Waals surface area contributed by atoms with Gasteiger partial charge in [-0.3, -0.25) is 4.79 Å². The molecule has 1 aromatic rings. The van der Waals surface area contributed by atoms with Crippen molar-refractivity contribution >= 4 is 23.2 Å². The van der Waals surface area contributed by atoms with E-state index >= 15 is 0 Å². The minimum Gasteiger partial charge on any atom is -0.325 e. The summed E-state index contributed by atoms with van der Waals surface area (Å²) in [5, 5.41) is 15.4. The summed E-state index contributed by atoms with van der Waals surface area (Å²) in [5.74, 6) is -0.0480. The largest absolute Gasteiger partial charge is 0.325 e. The van der Waals surface area contributed by atoms with Crippen LogP contribution in [0.2, 0.25) is 5.02 Å². The van der Waals surface area contributed by atoms with Crippen molar-refractivity contribution in [3.8, 4) is 6.07 Å². The number of nitrogens with one attached hydrogen (secondary N) is 2. The van der Waals surface area contributed by atoms with Gasteiger partial charge in [0.25, 0.3) is 0 Å². The monoisotopic (exact) mass is 277 g/mol. The molecule has 1 saturated heterocycles. The van der Waals surface area contributed by atoms with Crippen molar-refractivity contribution in [1.29, 1.82) is 5.26 Å². The standard InChI is InChI=1S/C14H16ClN3O/c15-12-6-5-11(8-10(12)9-16)18-14(19)13-4-2-1-3-7-17-13/h5-6,8,13,17H,1-4,7H2,(H,18,19). The molecule has 1 fully saturated rings. The second-order valence-electron chi connectivity index (χ2n) is 4.65. The van der Waals surface area contributed by atoms with E-state index in [0.29, 0.717) is 16.3 Å². The summed E-state index contributed by atoms with van der Waals surface area (Å²) in [5.41, 5.74) is 0.977. The molecule has 0 bridgehead atoms. The highest BCUT2D eigenvalue weighted by atomic mass is 35.5. The number of nitriles is 1. The van der Waals surface area contributed by atoms with Crippen molar-refractivity contribution in [2.24, 2.45) is 0 Å². The summed E-state index contributed by atoms with van der Waals surface area (Å²) in [6.07, 6.45) is 4.19. The highest BCUT2D eigenvalue weighted by molar-refractivity contribution is 6.31. The van der Waals surface area contributed by atoms with Gasteiger partial charge in [0.15, 0.2) is 0 Å². The van der Waals surface area contributed by atoms with Gasteiger partial charge in [0.05, 0.1) is 16.6 Å². The number of benzene rings is 1. The number of halogens is 1. The number of amides is 1. The van der Waals surface area contributed by atoms with Crippen LogP contribution in [0.1, 0.15) is 31.2 Å². The number of anilines is 1. The van der Waals surface area contributed by atoms with Crippen molar-refractivity contribution in [2.75, 3.05) is 11.9 Å². The van der Waals surface area contributed by atoms with E-state index in [-0.39, 0.29) is 11.9 Å². The van der Waals surface area contributed by atoms with Crippen molar-refractivity contribution in [1.82, 2.24) is 5.32 Å². The summed E-state index contributed by atoms with van der Waals surface area (Å²) >= 11 is 5.86. The van der Waals surface area contributed by atoms with E-state index in [4.69, 9.17) is 16.9 Å². The minimum atomic E-state index is -0.149. The number of hydrogen-bond donors (Lipinski definition) is 2. The SMILES string of the molecule is N#Cc1cc(NC(=O)C2CCCCCN2)ccc1Cl. The number of carbonyl (C=O) groups is 1. The third-order valence-corrected chi connectivity index (χ3v) is 3.56. The highest BCUT2D eigenvalue weighted by Crippen LogP contribution is 2.20. The fourth-order valence-corrected chi connectivity index (χ4v) is 2.33. The Kier molecular flexibility index (Phi) is 4.78. The lowest BCUT2D eigenvalue weighted by atomic mass is 10.1. The molecule has 0 saturated carbocycles. The van der Waals surface area contributed by atoms with Crippen molar-refractivity contribution in [2.45, 2.75) is 31.7 Å². The Morgan fingerprint density at radius 2 is 2.26 bits per heavy atom. The molecule has 2 rings (SSSR count). The van der Waals surface area contributed by atoms with Crippen LogP contribution in [0.5, 0.6) is 0 Å². The molecule has 0 aliphatic carbocycles. The van der Waals surface area contributed by atoms with E-state index in [0.717, 1.165) is 32.2 Å². The van der Waals surface area contributed by atoms with Gasteiger partial charge in [-0.2, -0.15) is 5.26 Å². The quantitative estimate of drug-likeness (QED) is 0.873. The molecule has 0 aromatic heterocycles. The minimum absolute atomic E-state index is 0.0480. The normalized spacial score (nSPS) is 19.3. The molecule has 1 unspecified atom stereocenters. The first kappa shape index (κ1) is 13.9. The summed E-state index contributed by atoms with van der Waals surface area (Å²) in [6.45, 7) is 0.877. The van der Waals surface area contributed by atoms with Crippen molar-refractivity contribution in [3.63, 3.8) is 0 Å². The second kappa shape index (κ2) is 6.55. The van der Waals surface area contributed by atoms with Gasteiger partial charge in [-0.05, 0) is 37.6 Å². The van der Waals surface area contributed by atoms with E-state index in [1.807, 2.05) is 6.07 Å². The van der Waals surface area contributed by atoms with Gasteiger partial charge < -0.3 is 10.6 Å². The van der Waals surface area contributed by atoms with Crippen LogP contribution in [0, 0.1) is 11.3 Å². The van der Waals surface area contributed by atoms with Gasteiger partial charge in [-0.25, -0.2) is 0 Å². The molecular weight excluding hydrogens is 262 g/mol. The first-order chi connectivity index (χ1) is 9.20. The maximum atomic E-state index is 12.1. The zero-order valence-electron chi connectivity index (χ0n) is 10.6. The van der Waals surface area contributed by atoms with Crippen LogP contribution >= 0.6 is 11.6 Å². The number of hydrogen-bond acceptors (Lipinski definition) is 3. The zero-order chi connectivity index (χ0) is 13.7. The Hall–Kier alpha value is -1.57. The highest BCUT2D eigenvalue weighted by Gasteiger charge is 2.19. The molecule has 1 amide bonds. The molecule has 1 atom stereocenters. The van der Waals surface area contributed by atoms with E-state index < -0.39 is 0 Å². The zero-order valence-corrected chi connectivity index (χ0v) is 11.3. The number of rotatable bonds is 2. The van der Waals surface area contributed by atoms with Gasteiger partial charge in [-0.15, -0.1) is 0 Å². The van der Waals surface area contributed by atoms with Gasteiger partial charge in [0.2, 0.25) is 5.91 Å². The van der Waals surface area contributed by atoms with E-state index in [2.05, 4.69) is 10.6 Å².